The van der Waals surface area contributed by atoms with Gasteiger partial charge >= 0.3 is 5.97 Å². The van der Waals surface area contributed by atoms with Crippen LogP contribution >= 0.6 is 11.6 Å². The monoisotopic (exact) mass is 282 g/mol. The normalized spacial score (nSPS) is 13.1. The molecule has 0 bridgehead atoms. The van der Waals surface area contributed by atoms with Gasteiger partial charge in [0.15, 0.2) is 0 Å². The lowest BCUT2D eigenvalue weighted by molar-refractivity contribution is -0.155. The van der Waals surface area contributed by atoms with Gasteiger partial charge in [-0.15, -0.1) is 11.6 Å². The second-order valence-electron chi connectivity index (χ2n) is 5.84. The molecule has 0 saturated carbocycles. The molecule has 0 N–H and O–H groups in total. The van der Waals surface area contributed by atoms with Gasteiger partial charge in [0.05, 0.1) is 0 Å². The molecule has 0 aliphatic rings. The minimum Gasteiger partial charge on any atom is -0.460 e. The minimum absolute atomic E-state index is 0.161. The second kappa shape index (κ2) is 7.54. The zero-order valence-electron chi connectivity index (χ0n) is 12.0. The first kappa shape index (κ1) is 16.0. The molecule has 1 aromatic carbocycles. The number of hydrogen-bond acceptors (Lipinski definition) is 2. The van der Waals surface area contributed by atoms with Gasteiger partial charge < -0.3 is 4.74 Å². The fourth-order valence-corrected chi connectivity index (χ4v) is 2.13. The number of esters is 1. The van der Waals surface area contributed by atoms with Gasteiger partial charge in [0.2, 0.25) is 0 Å². The molecule has 0 heterocycles. The van der Waals surface area contributed by atoms with E-state index in [4.69, 9.17) is 16.3 Å². The maximum atomic E-state index is 11.8. The Morgan fingerprint density at radius 1 is 1.26 bits per heavy atom. The molecular formula is C16H23ClO2. The van der Waals surface area contributed by atoms with E-state index in [2.05, 4.69) is 12.1 Å². The molecule has 1 atom stereocenters. The Morgan fingerprint density at radius 2 is 1.89 bits per heavy atom. The maximum absolute atomic E-state index is 11.8. The summed E-state index contributed by atoms with van der Waals surface area (Å²) in [6, 6.07) is 10.2. The maximum Gasteiger partial charge on any atom is 0.306 e. The highest BCUT2D eigenvalue weighted by molar-refractivity contribution is 6.18. The predicted molar refractivity (Wildman–Crippen MR) is 79.4 cm³/mol. The van der Waals surface area contributed by atoms with Crippen molar-refractivity contribution in [1.29, 1.82) is 0 Å². The van der Waals surface area contributed by atoms with Crippen molar-refractivity contribution >= 4 is 17.6 Å². The third-order valence-corrected chi connectivity index (χ3v) is 3.21. The molecule has 0 aliphatic heterocycles. The molecule has 0 unspecified atom stereocenters. The molecule has 19 heavy (non-hydrogen) atoms. The number of carbonyl (C=O) groups is 1. The van der Waals surface area contributed by atoms with Crippen LogP contribution in [-0.4, -0.2) is 17.5 Å². The third-order valence-electron chi connectivity index (χ3n) is 2.78. The molecule has 2 nitrogen and oxygen atoms in total. The summed E-state index contributed by atoms with van der Waals surface area (Å²) >= 11 is 5.94. The Morgan fingerprint density at radius 3 is 2.42 bits per heavy atom. The van der Waals surface area contributed by atoms with Gasteiger partial charge in [-0.2, -0.15) is 0 Å². The number of halogens is 1. The summed E-state index contributed by atoms with van der Waals surface area (Å²) in [5.41, 5.74) is 0.856. The summed E-state index contributed by atoms with van der Waals surface area (Å²) < 4.78 is 5.32. The SMILES string of the molecule is CC(C)(C)OC(=O)C[C@@H](CCl)CCc1ccccc1. The minimum atomic E-state index is -0.423. The van der Waals surface area contributed by atoms with Gasteiger partial charge in [0, 0.05) is 12.3 Å². The number of hydrogen-bond donors (Lipinski definition) is 0. The van der Waals surface area contributed by atoms with Crippen molar-refractivity contribution in [2.45, 2.75) is 45.6 Å². The predicted octanol–water partition coefficient (Wildman–Crippen LogP) is 4.21. The summed E-state index contributed by atoms with van der Waals surface area (Å²) in [6.45, 7) is 5.64. The number of rotatable bonds is 6. The number of aryl methyl sites for hydroxylation is 1. The Balaban J connectivity index is 2.39. The largest absolute Gasteiger partial charge is 0.460 e. The average Bonchev–Trinajstić information content (AvgIpc) is 2.33. The summed E-state index contributed by atoms with van der Waals surface area (Å²) in [5.74, 6) is 0.509. The van der Waals surface area contributed by atoms with Crippen molar-refractivity contribution in [3.05, 3.63) is 35.9 Å². The smallest absolute Gasteiger partial charge is 0.306 e. The van der Waals surface area contributed by atoms with Crippen LogP contribution in [0.2, 0.25) is 0 Å². The van der Waals surface area contributed by atoms with E-state index < -0.39 is 5.60 Å². The zero-order valence-corrected chi connectivity index (χ0v) is 12.7. The van der Waals surface area contributed by atoms with E-state index >= 15 is 0 Å². The summed E-state index contributed by atoms with van der Waals surface area (Å²) in [6.07, 6.45) is 2.25. The Bertz CT molecular complexity index is 381. The van der Waals surface area contributed by atoms with Crippen LogP contribution in [0.15, 0.2) is 30.3 Å². The van der Waals surface area contributed by atoms with Gasteiger partial charge in [0.25, 0.3) is 0 Å². The fourth-order valence-electron chi connectivity index (χ4n) is 1.87. The highest BCUT2D eigenvalue weighted by Gasteiger charge is 2.20. The Kier molecular flexibility index (Phi) is 6.36. The molecule has 0 saturated heterocycles. The van der Waals surface area contributed by atoms with Gasteiger partial charge in [-0.05, 0) is 45.1 Å². The molecule has 106 valence electrons. The highest BCUT2D eigenvalue weighted by Crippen LogP contribution is 2.18. The summed E-state index contributed by atoms with van der Waals surface area (Å²) in [5, 5.41) is 0. The molecule has 3 heteroatoms. The van der Waals surface area contributed by atoms with E-state index in [9.17, 15) is 4.79 Å². The molecule has 0 fully saturated rings. The lowest BCUT2D eigenvalue weighted by Gasteiger charge is -2.21. The first-order valence-corrected chi connectivity index (χ1v) is 7.26. The van der Waals surface area contributed by atoms with Crippen molar-refractivity contribution in [2.75, 3.05) is 5.88 Å². The lowest BCUT2D eigenvalue weighted by atomic mass is 9.98. The van der Waals surface area contributed by atoms with E-state index in [-0.39, 0.29) is 11.9 Å². The molecule has 0 radical (unpaired) electrons. The van der Waals surface area contributed by atoms with Crippen LogP contribution < -0.4 is 0 Å². The lowest BCUT2D eigenvalue weighted by Crippen LogP contribution is -2.25. The van der Waals surface area contributed by atoms with Crippen LogP contribution in [0.5, 0.6) is 0 Å². The van der Waals surface area contributed by atoms with Gasteiger partial charge in [-0.25, -0.2) is 0 Å². The molecule has 0 amide bonds. The molecule has 1 aromatic rings. The van der Waals surface area contributed by atoms with Crippen LogP contribution in [0.3, 0.4) is 0 Å². The molecular weight excluding hydrogens is 260 g/mol. The molecule has 1 rings (SSSR count). The van der Waals surface area contributed by atoms with Crippen LogP contribution in [0.4, 0.5) is 0 Å². The zero-order chi connectivity index (χ0) is 14.3. The number of benzene rings is 1. The van der Waals surface area contributed by atoms with E-state index in [1.807, 2.05) is 39.0 Å². The first-order chi connectivity index (χ1) is 8.90. The first-order valence-electron chi connectivity index (χ1n) is 6.72. The van der Waals surface area contributed by atoms with E-state index in [0.717, 1.165) is 12.8 Å². The van der Waals surface area contributed by atoms with Crippen molar-refractivity contribution in [2.24, 2.45) is 5.92 Å². The van der Waals surface area contributed by atoms with Gasteiger partial charge in [-0.3, -0.25) is 4.79 Å². The average molecular weight is 283 g/mol. The van der Waals surface area contributed by atoms with Crippen LogP contribution in [0.25, 0.3) is 0 Å². The van der Waals surface area contributed by atoms with Crippen LogP contribution in [0, 0.1) is 5.92 Å². The fraction of sp³-hybridized carbons (Fsp3) is 0.562. The highest BCUT2D eigenvalue weighted by atomic mass is 35.5. The number of ether oxygens (including phenoxy) is 1. The van der Waals surface area contributed by atoms with Crippen LogP contribution in [0.1, 0.15) is 39.2 Å². The van der Waals surface area contributed by atoms with Crippen LogP contribution in [-0.2, 0) is 16.0 Å². The summed E-state index contributed by atoms with van der Waals surface area (Å²) in [4.78, 5) is 11.8. The van der Waals surface area contributed by atoms with Crippen molar-refractivity contribution in [1.82, 2.24) is 0 Å². The number of carbonyl (C=O) groups excluding carboxylic acids is 1. The standard InChI is InChI=1S/C16H23ClO2/c1-16(2,3)19-15(18)11-14(12-17)10-9-13-7-5-4-6-8-13/h4-8,14H,9-12H2,1-3H3/t14-/m0/s1. The number of alkyl halides is 1. The molecule has 0 spiro atoms. The molecule has 0 aliphatic carbocycles. The third kappa shape index (κ3) is 7.22. The molecule has 0 aromatic heterocycles. The quantitative estimate of drug-likeness (QED) is 0.577. The topological polar surface area (TPSA) is 26.3 Å². The van der Waals surface area contributed by atoms with E-state index in [1.54, 1.807) is 0 Å². The van der Waals surface area contributed by atoms with Crippen molar-refractivity contribution in [3.63, 3.8) is 0 Å². The summed E-state index contributed by atoms with van der Waals surface area (Å²) in [7, 11) is 0. The second-order valence-corrected chi connectivity index (χ2v) is 6.14. The Labute approximate surface area is 121 Å². The van der Waals surface area contributed by atoms with E-state index in [0.29, 0.717) is 12.3 Å². The Hall–Kier alpha value is -1.02. The van der Waals surface area contributed by atoms with Gasteiger partial charge in [0.1, 0.15) is 5.60 Å². The van der Waals surface area contributed by atoms with E-state index in [1.165, 1.54) is 5.56 Å². The van der Waals surface area contributed by atoms with Crippen molar-refractivity contribution < 1.29 is 9.53 Å². The van der Waals surface area contributed by atoms with Crippen molar-refractivity contribution in [3.8, 4) is 0 Å². The van der Waals surface area contributed by atoms with Gasteiger partial charge in [-0.1, -0.05) is 30.3 Å².